The van der Waals surface area contributed by atoms with E-state index in [1.165, 1.54) is 5.56 Å². The summed E-state index contributed by atoms with van der Waals surface area (Å²) in [6.07, 6.45) is -0.397. The molecule has 2 aromatic rings. The summed E-state index contributed by atoms with van der Waals surface area (Å²) in [4.78, 5) is 24.1. The number of amides is 1. The van der Waals surface area contributed by atoms with Crippen molar-refractivity contribution in [2.45, 2.75) is 38.7 Å². The van der Waals surface area contributed by atoms with E-state index in [9.17, 15) is 9.59 Å². The number of esters is 1. The van der Waals surface area contributed by atoms with Crippen LogP contribution >= 0.6 is 0 Å². The van der Waals surface area contributed by atoms with E-state index in [0.29, 0.717) is 5.56 Å². The first-order valence-corrected chi connectivity index (χ1v) is 8.05. The molecular formula is C20H21NO3. The molecule has 1 aliphatic rings. The Morgan fingerprint density at radius 2 is 1.75 bits per heavy atom. The molecule has 1 heterocycles. The Balaban J connectivity index is 1.66. The zero-order chi connectivity index (χ0) is 17.3. The minimum absolute atomic E-state index is 0.0737. The van der Waals surface area contributed by atoms with Crippen LogP contribution in [0, 0.1) is 0 Å². The van der Waals surface area contributed by atoms with E-state index < -0.39 is 6.10 Å². The van der Waals surface area contributed by atoms with E-state index in [4.69, 9.17) is 4.74 Å². The van der Waals surface area contributed by atoms with Crippen molar-refractivity contribution in [3.05, 3.63) is 65.2 Å². The number of nitrogens with one attached hydrogen (secondary N) is 1. The van der Waals surface area contributed by atoms with Crippen LogP contribution in [0.15, 0.2) is 48.5 Å². The van der Waals surface area contributed by atoms with Gasteiger partial charge in [0.2, 0.25) is 5.91 Å². The van der Waals surface area contributed by atoms with Crippen LogP contribution in [-0.2, 0) is 14.9 Å². The lowest BCUT2D eigenvalue weighted by molar-refractivity contribution is -0.118. The van der Waals surface area contributed by atoms with Crippen molar-refractivity contribution in [1.82, 2.24) is 0 Å². The molecule has 0 saturated heterocycles. The molecule has 0 aliphatic carbocycles. The standard InChI is InChI=1S/C20H21NO3/c1-20(2,3)13-8-10-14(11-9-13)21-18(22)12-17-15-6-4-5-7-16(15)19(23)24-17/h4-11,17H,12H2,1-3H3,(H,21,22). The maximum Gasteiger partial charge on any atom is 0.339 e. The molecule has 0 bridgehead atoms. The summed E-state index contributed by atoms with van der Waals surface area (Å²) in [5, 5.41) is 2.86. The number of rotatable bonds is 3. The second-order valence-electron chi connectivity index (χ2n) is 7.06. The molecule has 4 heteroatoms. The van der Waals surface area contributed by atoms with E-state index in [1.54, 1.807) is 12.1 Å². The molecule has 0 spiro atoms. The van der Waals surface area contributed by atoms with Crippen molar-refractivity contribution in [1.29, 1.82) is 0 Å². The Hall–Kier alpha value is -2.62. The number of hydrogen-bond donors (Lipinski definition) is 1. The third-order valence-electron chi connectivity index (χ3n) is 4.18. The minimum Gasteiger partial charge on any atom is -0.453 e. The van der Waals surface area contributed by atoms with Gasteiger partial charge in [-0.25, -0.2) is 4.79 Å². The van der Waals surface area contributed by atoms with Gasteiger partial charge in [0.1, 0.15) is 6.10 Å². The van der Waals surface area contributed by atoms with Crippen molar-refractivity contribution in [3.63, 3.8) is 0 Å². The van der Waals surface area contributed by atoms with Crippen LogP contribution in [-0.4, -0.2) is 11.9 Å². The first-order valence-electron chi connectivity index (χ1n) is 8.05. The molecule has 4 nitrogen and oxygen atoms in total. The first kappa shape index (κ1) is 16.2. The molecular weight excluding hydrogens is 302 g/mol. The average molecular weight is 323 g/mol. The molecule has 0 aromatic heterocycles. The van der Waals surface area contributed by atoms with E-state index in [-0.39, 0.29) is 23.7 Å². The van der Waals surface area contributed by atoms with Crippen LogP contribution in [0.5, 0.6) is 0 Å². The number of cyclic esters (lactones) is 1. The molecule has 1 amide bonds. The maximum atomic E-state index is 12.3. The summed E-state index contributed by atoms with van der Waals surface area (Å²) >= 11 is 0. The Morgan fingerprint density at radius 1 is 1.08 bits per heavy atom. The third kappa shape index (κ3) is 3.32. The molecule has 1 aliphatic heterocycles. The van der Waals surface area contributed by atoms with Crippen LogP contribution in [0.2, 0.25) is 0 Å². The second-order valence-corrected chi connectivity index (χ2v) is 7.06. The number of carbonyl (C=O) groups excluding carboxylic acids is 2. The largest absolute Gasteiger partial charge is 0.453 e. The quantitative estimate of drug-likeness (QED) is 0.860. The van der Waals surface area contributed by atoms with Gasteiger partial charge in [-0.15, -0.1) is 0 Å². The predicted octanol–water partition coefficient (Wildman–Crippen LogP) is 4.22. The highest BCUT2D eigenvalue weighted by Crippen LogP contribution is 2.33. The molecule has 1 N–H and O–H groups in total. The normalized spacial score (nSPS) is 16.5. The Bertz CT molecular complexity index is 772. The molecule has 2 aromatic carbocycles. The van der Waals surface area contributed by atoms with Crippen LogP contribution in [0.25, 0.3) is 0 Å². The van der Waals surface area contributed by atoms with Crippen molar-refractivity contribution in [2.24, 2.45) is 0 Å². The van der Waals surface area contributed by atoms with Crippen molar-refractivity contribution < 1.29 is 14.3 Å². The van der Waals surface area contributed by atoms with Crippen LogP contribution in [0.1, 0.15) is 54.8 Å². The van der Waals surface area contributed by atoms with E-state index >= 15 is 0 Å². The van der Waals surface area contributed by atoms with Crippen molar-refractivity contribution in [3.8, 4) is 0 Å². The summed E-state index contributed by atoms with van der Waals surface area (Å²) in [5.74, 6) is -0.536. The molecule has 0 fully saturated rings. The summed E-state index contributed by atoms with van der Waals surface area (Å²) in [5.41, 5.74) is 3.35. The fourth-order valence-corrected chi connectivity index (χ4v) is 2.81. The van der Waals surface area contributed by atoms with E-state index in [1.807, 2.05) is 36.4 Å². The predicted molar refractivity (Wildman–Crippen MR) is 93.0 cm³/mol. The fraction of sp³-hybridized carbons (Fsp3) is 0.300. The van der Waals surface area contributed by atoms with Gasteiger partial charge in [0.25, 0.3) is 0 Å². The second kappa shape index (κ2) is 6.11. The van der Waals surface area contributed by atoms with Crippen LogP contribution in [0.3, 0.4) is 0 Å². The summed E-state index contributed by atoms with van der Waals surface area (Å²) in [6.45, 7) is 6.44. The summed E-state index contributed by atoms with van der Waals surface area (Å²) in [6, 6.07) is 15.0. The number of anilines is 1. The monoisotopic (exact) mass is 323 g/mol. The smallest absolute Gasteiger partial charge is 0.339 e. The Morgan fingerprint density at radius 3 is 2.42 bits per heavy atom. The lowest BCUT2D eigenvalue weighted by Crippen LogP contribution is -2.16. The summed E-state index contributed by atoms with van der Waals surface area (Å²) in [7, 11) is 0. The van der Waals surface area contributed by atoms with Gasteiger partial charge in [-0.2, -0.15) is 0 Å². The van der Waals surface area contributed by atoms with Gasteiger partial charge in [-0.1, -0.05) is 51.1 Å². The van der Waals surface area contributed by atoms with Gasteiger partial charge in [0, 0.05) is 11.3 Å². The van der Waals surface area contributed by atoms with Crippen LogP contribution in [0.4, 0.5) is 5.69 Å². The molecule has 0 radical (unpaired) electrons. The van der Waals surface area contributed by atoms with Gasteiger partial charge in [0.15, 0.2) is 0 Å². The van der Waals surface area contributed by atoms with Crippen LogP contribution < -0.4 is 5.32 Å². The van der Waals surface area contributed by atoms with Gasteiger partial charge in [0.05, 0.1) is 12.0 Å². The lowest BCUT2D eigenvalue weighted by atomic mass is 9.87. The third-order valence-corrected chi connectivity index (χ3v) is 4.18. The van der Waals surface area contributed by atoms with Gasteiger partial charge >= 0.3 is 5.97 Å². The van der Waals surface area contributed by atoms with Gasteiger partial charge in [-0.05, 0) is 29.2 Å². The SMILES string of the molecule is CC(C)(C)c1ccc(NC(=O)CC2OC(=O)c3ccccc32)cc1. The topological polar surface area (TPSA) is 55.4 Å². The highest BCUT2D eigenvalue weighted by molar-refractivity contribution is 5.96. The Kier molecular flexibility index (Phi) is 4.14. The zero-order valence-electron chi connectivity index (χ0n) is 14.1. The number of ether oxygens (including phenoxy) is 1. The average Bonchev–Trinajstić information content (AvgIpc) is 2.83. The molecule has 0 saturated carbocycles. The van der Waals surface area contributed by atoms with Gasteiger partial charge in [-0.3, -0.25) is 4.79 Å². The number of benzene rings is 2. The molecule has 3 rings (SSSR count). The number of fused-ring (bicyclic) bond motifs is 1. The zero-order valence-corrected chi connectivity index (χ0v) is 14.1. The summed E-state index contributed by atoms with van der Waals surface area (Å²) < 4.78 is 5.30. The van der Waals surface area contributed by atoms with Gasteiger partial charge < -0.3 is 10.1 Å². The highest BCUT2D eigenvalue weighted by Gasteiger charge is 2.32. The molecule has 1 atom stereocenters. The number of hydrogen-bond acceptors (Lipinski definition) is 3. The van der Waals surface area contributed by atoms with Crippen molar-refractivity contribution >= 4 is 17.6 Å². The minimum atomic E-state index is -0.512. The maximum absolute atomic E-state index is 12.3. The lowest BCUT2D eigenvalue weighted by Gasteiger charge is -2.19. The first-order chi connectivity index (χ1) is 11.3. The van der Waals surface area contributed by atoms with Crippen molar-refractivity contribution in [2.75, 3.05) is 5.32 Å². The number of carbonyl (C=O) groups is 2. The van der Waals surface area contributed by atoms with E-state index in [0.717, 1.165) is 11.3 Å². The Labute approximate surface area is 141 Å². The van der Waals surface area contributed by atoms with E-state index in [2.05, 4.69) is 26.1 Å². The molecule has 24 heavy (non-hydrogen) atoms. The molecule has 1 unspecified atom stereocenters. The highest BCUT2D eigenvalue weighted by atomic mass is 16.5. The fourth-order valence-electron chi connectivity index (χ4n) is 2.81. The molecule has 124 valence electrons.